The van der Waals surface area contributed by atoms with Crippen LogP contribution in [0.15, 0.2) is 0 Å². The Morgan fingerprint density at radius 2 is 1.33 bits per heavy atom. The van der Waals surface area contributed by atoms with Gasteiger partial charge in [-0.2, -0.15) is 0 Å². The standard InChI is InChI=1S/C14H24O8S2/c1-17-4-3-5-19-12(15)21-8-14(10-23-24-11-14)9-22-13(16)20-7-6-18-2/h3-11H2,1-2H3. The third kappa shape index (κ3) is 8.86. The van der Waals surface area contributed by atoms with E-state index in [2.05, 4.69) is 0 Å². The van der Waals surface area contributed by atoms with Crippen LogP contribution >= 0.6 is 21.6 Å². The predicted molar refractivity (Wildman–Crippen MR) is 90.3 cm³/mol. The zero-order valence-electron chi connectivity index (χ0n) is 13.9. The molecule has 0 atom stereocenters. The third-order valence-electron chi connectivity index (χ3n) is 3.03. The van der Waals surface area contributed by atoms with Crippen LogP contribution in [0, 0.1) is 5.41 Å². The van der Waals surface area contributed by atoms with Crippen molar-refractivity contribution in [3.05, 3.63) is 0 Å². The molecule has 10 heteroatoms. The lowest BCUT2D eigenvalue weighted by Crippen LogP contribution is -2.37. The summed E-state index contributed by atoms with van der Waals surface area (Å²) < 4.78 is 29.7. The lowest BCUT2D eigenvalue weighted by molar-refractivity contribution is -0.00890. The molecule has 1 saturated heterocycles. The number of carbonyl (C=O) groups is 2. The van der Waals surface area contributed by atoms with Gasteiger partial charge in [0.25, 0.3) is 0 Å². The molecule has 0 aromatic heterocycles. The number of methoxy groups -OCH3 is 2. The van der Waals surface area contributed by atoms with E-state index in [0.717, 1.165) is 0 Å². The van der Waals surface area contributed by atoms with Crippen molar-refractivity contribution in [2.75, 3.05) is 65.4 Å². The molecule has 1 rings (SSSR count). The molecule has 0 aromatic carbocycles. The van der Waals surface area contributed by atoms with Gasteiger partial charge in [0.15, 0.2) is 0 Å². The summed E-state index contributed by atoms with van der Waals surface area (Å²) in [5.41, 5.74) is -0.429. The van der Waals surface area contributed by atoms with Crippen molar-refractivity contribution in [2.45, 2.75) is 6.42 Å². The van der Waals surface area contributed by atoms with Crippen LogP contribution in [0.2, 0.25) is 0 Å². The molecule has 1 aliphatic heterocycles. The van der Waals surface area contributed by atoms with E-state index in [0.29, 0.717) is 31.1 Å². The largest absolute Gasteiger partial charge is 0.508 e. The van der Waals surface area contributed by atoms with E-state index in [-0.39, 0.29) is 26.4 Å². The van der Waals surface area contributed by atoms with Crippen LogP contribution in [0.25, 0.3) is 0 Å². The molecule has 0 saturated carbocycles. The van der Waals surface area contributed by atoms with E-state index in [1.807, 2.05) is 0 Å². The summed E-state index contributed by atoms with van der Waals surface area (Å²) in [4.78, 5) is 23.1. The van der Waals surface area contributed by atoms with Crippen LogP contribution in [0.4, 0.5) is 9.59 Å². The van der Waals surface area contributed by atoms with Gasteiger partial charge in [0, 0.05) is 38.8 Å². The van der Waals surface area contributed by atoms with E-state index in [4.69, 9.17) is 28.4 Å². The predicted octanol–water partition coefficient (Wildman–Crippen LogP) is 2.36. The van der Waals surface area contributed by atoms with Gasteiger partial charge in [0.1, 0.15) is 19.8 Å². The molecule has 8 nitrogen and oxygen atoms in total. The van der Waals surface area contributed by atoms with E-state index in [1.165, 1.54) is 7.11 Å². The molecular formula is C14H24O8S2. The zero-order valence-corrected chi connectivity index (χ0v) is 15.6. The van der Waals surface area contributed by atoms with Crippen molar-refractivity contribution in [1.82, 2.24) is 0 Å². The fraction of sp³-hybridized carbons (Fsp3) is 0.857. The summed E-state index contributed by atoms with van der Waals surface area (Å²) >= 11 is 0. The summed E-state index contributed by atoms with van der Waals surface area (Å²) in [6.07, 6.45) is -0.871. The minimum atomic E-state index is -0.754. The van der Waals surface area contributed by atoms with Crippen molar-refractivity contribution in [3.63, 3.8) is 0 Å². The zero-order chi connectivity index (χ0) is 17.7. The van der Waals surface area contributed by atoms with Crippen LogP contribution in [-0.2, 0) is 28.4 Å². The van der Waals surface area contributed by atoms with Gasteiger partial charge in [0.05, 0.1) is 18.6 Å². The van der Waals surface area contributed by atoms with Gasteiger partial charge in [-0.3, -0.25) is 0 Å². The highest BCUT2D eigenvalue weighted by molar-refractivity contribution is 8.77. The van der Waals surface area contributed by atoms with Gasteiger partial charge >= 0.3 is 12.3 Å². The maximum absolute atomic E-state index is 11.6. The minimum absolute atomic E-state index is 0.121. The molecule has 0 aromatic rings. The lowest BCUT2D eigenvalue weighted by Gasteiger charge is -2.25. The number of hydrogen-bond acceptors (Lipinski definition) is 10. The summed E-state index contributed by atoms with van der Waals surface area (Å²) in [7, 11) is 6.39. The average Bonchev–Trinajstić information content (AvgIpc) is 3.05. The second-order valence-electron chi connectivity index (χ2n) is 5.14. The second kappa shape index (κ2) is 12.5. The van der Waals surface area contributed by atoms with Gasteiger partial charge in [0.2, 0.25) is 0 Å². The van der Waals surface area contributed by atoms with E-state index in [1.54, 1.807) is 28.7 Å². The Hall–Kier alpha value is -0.840. The number of ether oxygens (including phenoxy) is 6. The number of hydrogen-bond donors (Lipinski definition) is 0. The molecule has 0 bridgehead atoms. The van der Waals surface area contributed by atoms with Crippen molar-refractivity contribution in [2.24, 2.45) is 5.41 Å². The molecule has 0 aliphatic carbocycles. The summed E-state index contributed by atoms with van der Waals surface area (Å²) in [5.74, 6) is 1.42. The SMILES string of the molecule is COCCCOC(=O)OCC1(COC(=O)OCCOC)CSSC1. The summed E-state index contributed by atoms with van der Waals surface area (Å²) in [5, 5.41) is 0. The molecule has 0 N–H and O–H groups in total. The smallest absolute Gasteiger partial charge is 0.434 e. The maximum atomic E-state index is 11.6. The quantitative estimate of drug-likeness (QED) is 0.300. The molecule has 0 spiro atoms. The Kier molecular flexibility index (Phi) is 11.1. The van der Waals surface area contributed by atoms with Gasteiger partial charge in [-0.05, 0) is 0 Å². The lowest BCUT2D eigenvalue weighted by atomic mass is 9.95. The normalized spacial score (nSPS) is 15.8. The summed E-state index contributed by atoms with van der Waals surface area (Å²) in [6.45, 7) is 1.45. The van der Waals surface area contributed by atoms with Crippen molar-refractivity contribution in [3.8, 4) is 0 Å². The molecule has 0 amide bonds. The molecular weight excluding hydrogens is 360 g/mol. The second-order valence-corrected chi connectivity index (χ2v) is 7.60. The highest BCUT2D eigenvalue weighted by Gasteiger charge is 2.39. The van der Waals surface area contributed by atoms with Crippen LogP contribution < -0.4 is 0 Å². The highest BCUT2D eigenvalue weighted by atomic mass is 33.1. The van der Waals surface area contributed by atoms with E-state index in [9.17, 15) is 9.59 Å². The molecule has 1 heterocycles. The highest BCUT2D eigenvalue weighted by Crippen LogP contribution is 2.43. The van der Waals surface area contributed by atoms with Crippen LogP contribution in [0.5, 0.6) is 0 Å². The van der Waals surface area contributed by atoms with Crippen LogP contribution in [-0.4, -0.2) is 77.7 Å². The minimum Gasteiger partial charge on any atom is -0.434 e. The molecule has 140 valence electrons. The van der Waals surface area contributed by atoms with Crippen molar-refractivity contribution < 1.29 is 38.0 Å². The van der Waals surface area contributed by atoms with Gasteiger partial charge in [-0.1, -0.05) is 21.6 Å². The Morgan fingerprint density at radius 3 is 1.88 bits per heavy atom. The van der Waals surface area contributed by atoms with Crippen molar-refractivity contribution >= 4 is 33.9 Å². The molecule has 24 heavy (non-hydrogen) atoms. The molecule has 0 unspecified atom stereocenters. The first-order chi connectivity index (χ1) is 11.6. The van der Waals surface area contributed by atoms with Crippen molar-refractivity contribution in [1.29, 1.82) is 0 Å². The first kappa shape index (κ1) is 21.2. The van der Waals surface area contributed by atoms with Gasteiger partial charge < -0.3 is 28.4 Å². The van der Waals surface area contributed by atoms with Crippen LogP contribution in [0.3, 0.4) is 0 Å². The molecule has 1 aliphatic rings. The Balaban J connectivity index is 2.28. The van der Waals surface area contributed by atoms with E-state index < -0.39 is 17.7 Å². The Labute approximate surface area is 149 Å². The van der Waals surface area contributed by atoms with Gasteiger partial charge in [-0.25, -0.2) is 9.59 Å². The average molecular weight is 384 g/mol. The fourth-order valence-corrected chi connectivity index (χ4v) is 4.99. The topological polar surface area (TPSA) is 89.5 Å². The third-order valence-corrected chi connectivity index (χ3v) is 5.86. The Bertz CT molecular complexity index is 374. The molecule has 0 radical (unpaired) electrons. The van der Waals surface area contributed by atoms with Gasteiger partial charge in [-0.15, -0.1) is 0 Å². The maximum Gasteiger partial charge on any atom is 0.508 e. The summed E-state index contributed by atoms with van der Waals surface area (Å²) in [6, 6.07) is 0. The molecule has 1 fully saturated rings. The fourth-order valence-electron chi connectivity index (χ4n) is 1.66. The van der Waals surface area contributed by atoms with E-state index >= 15 is 0 Å². The first-order valence-corrected chi connectivity index (χ1v) is 9.92. The monoisotopic (exact) mass is 384 g/mol. The van der Waals surface area contributed by atoms with Crippen LogP contribution in [0.1, 0.15) is 6.42 Å². The number of rotatable bonds is 11. The number of carbonyl (C=O) groups excluding carboxylic acids is 2. The first-order valence-electron chi connectivity index (χ1n) is 7.43. The Morgan fingerprint density at radius 1 is 0.792 bits per heavy atom.